The van der Waals surface area contributed by atoms with Gasteiger partial charge in [-0.1, -0.05) is 17.3 Å². The van der Waals surface area contributed by atoms with Crippen LogP contribution in [0.15, 0.2) is 40.9 Å². The number of nitrogens with zero attached hydrogens (tertiary/aromatic N) is 4. The van der Waals surface area contributed by atoms with Crippen LogP contribution in [0, 0.1) is 11.3 Å². The van der Waals surface area contributed by atoms with E-state index in [1.165, 1.54) is 0 Å². The molecule has 2 atom stereocenters. The van der Waals surface area contributed by atoms with Gasteiger partial charge in [0.05, 0.1) is 23.8 Å². The summed E-state index contributed by atoms with van der Waals surface area (Å²) in [6.45, 7) is 6.32. The van der Waals surface area contributed by atoms with Gasteiger partial charge in [-0.05, 0) is 76.1 Å². The minimum atomic E-state index is -0.487. The standard InChI is InChI=1S/C26H29N5O3/c1-15(2)33-23-8-7-20(12-21(23)14-27)26-29-25(30-34-26)19-6-5-17-13-22(24(32)16(3)28)31(4)10-9-18(17)11-19/h5-8,11-12,15-16,22H,9-10,13,28H2,1-4H3/t16-,22?/m0/s1. The fourth-order valence-corrected chi connectivity index (χ4v) is 4.20. The fraction of sp³-hybridized carbons (Fsp3) is 0.385. The Balaban J connectivity index is 1.60. The number of aromatic nitrogens is 2. The summed E-state index contributed by atoms with van der Waals surface area (Å²) in [4.78, 5) is 19.2. The number of nitriles is 1. The van der Waals surface area contributed by atoms with Gasteiger partial charge in [-0.2, -0.15) is 10.2 Å². The molecule has 1 aromatic heterocycles. The molecule has 0 radical (unpaired) electrons. The number of Topliss-reactive ketones (excluding diaryl/α,β-unsaturated/α-hetero) is 1. The number of ketones is 1. The Bertz CT molecular complexity index is 1240. The van der Waals surface area contributed by atoms with E-state index in [2.05, 4.69) is 27.2 Å². The van der Waals surface area contributed by atoms with E-state index in [1.807, 2.05) is 33.0 Å². The molecule has 2 aromatic carbocycles. The molecule has 176 valence electrons. The van der Waals surface area contributed by atoms with Crippen molar-refractivity contribution in [2.75, 3.05) is 13.6 Å². The smallest absolute Gasteiger partial charge is 0.258 e. The van der Waals surface area contributed by atoms with Crippen LogP contribution in [0.3, 0.4) is 0 Å². The molecule has 1 unspecified atom stereocenters. The molecule has 0 spiro atoms. The number of rotatable bonds is 6. The van der Waals surface area contributed by atoms with Crippen molar-refractivity contribution in [2.45, 2.75) is 51.8 Å². The zero-order valence-electron chi connectivity index (χ0n) is 19.9. The maximum atomic E-state index is 12.6. The first-order valence-electron chi connectivity index (χ1n) is 11.4. The van der Waals surface area contributed by atoms with Gasteiger partial charge in [0.15, 0.2) is 5.78 Å². The van der Waals surface area contributed by atoms with Crippen LogP contribution in [0.2, 0.25) is 0 Å². The van der Waals surface area contributed by atoms with Gasteiger partial charge in [0.25, 0.3) is 5.89 Å². The lowest BCUT2D eigenvalue weighted by Gasteiger charge is -2.25. The zero-order chi connectivity index (χ0) is 24.4. The summed E-state index contributed by atoms with van der Waals surface area (Å²) >= 11 is 0. The molecule has 4 rings (SSSR count). The zero-order valence-corrected chi connectivity index (χ0v) is 19.9. The summed E-state index contributed by atoms with van der Waals surface area (Å²) in [6.07, 6.45) is 1.41. The van der Waals surface area contributed by atoms with Crippen LogP contribution >= 0.6 is 0 Å². The number of hydrogen-bond donors (Lipinski definition) is 1. The Morgan fingerprint density at radius 2 is 1.97 bits per heavy atom. The fourth-order valence-electron chi connectivity index (χ4n) is 4.20. The summed E-state index contributed by atoms with van der Waals surface area (Å²) in [5.41, 5.74) is 10.1. The van der Waals surface area contributed by atoms with Crippen LogP contribution in [0.25, 0.3) is 22.8 Å². The molecule has 0 saturated carbocycles. The Morgan fingerprint density at radius 1 is 1.21 bits per heavy atom. The first kappa shape index (κ1) is 23.6. The number of fused-ring (bicyclic) bond motifs is 1. The average molecular weight is 460 g/mol. The van der Waals surface area contributed by atoms with Crippen molar-refractivity contribution in [3.63, 3.8) is 0 Å². The van der Waals surface area contributed by atoms with Crippen LogP contribution < -0.4 is 10.5 Å². The number of hydrogen-bond acceptors (Lipinski definition) is 8. The lowest BCUT2D eigenvalue weighted by atomic mass is 9.95. The first-order valence-corrected chi connectivity index (χ1v) is 11.4. The number of ether oxygens (including phenoxy) is 1. The molecule has 8 heteroatoms. The summed E-state index contributed by atoms with van der Waals surface area (Å²) in [6, 6.07) is 12.7. The van der Waals surface area contributed by atoms with Crippen molar-refractivity contribution in [1.82, 2.24) is 15.0 Å². The summed E-state index contributed by atoms with van der Waals surface area (Å²) in [5.74, 6) is 1.39. The van der Waals surface area contributed by atoms with Crippen LogP contribution in [0.5, 0.6) is 5.75 Å². The third kappa shape index (κ3) is 4.86. The number of benzene rings is 2. The van der Waals surface area contributed by atoms with Crippen molar-refractivity contribution >= 4 is 5.78 Å². The maximum absolute atomic E-state index is 12.6. The lowest BCUT2D eigenvalue weighted by Crippen LogP contribution is -2.46. The van der Waals surface area contributed by atoms with Gasteiger partial charge < -0.3 is 15.0 Å². The number of carbonyl (C=O) groups excluding carboxylic acids is 1. The maximum Gasteiger partial charge on any atom is 0.258 e. The molecule has 0 fully saturated rings. The number of likely N-dealkylation sites (N-methyl/N-ethyl adjacent to an activating group) is 1. The monoisotopic (exact) mass is 459 g/mol. The Labute approximate surface area is 199 Å². The van der Waals surface area contributed by atoms with Crippen molar-refractivity contribution in [3.05, 3.63) is 53.1 Å². The highest BCUT2D eigenvalue weighted by atomic mass is 16.5. The van der Waals surface area contributed by atoms with E-state index >= 15 is 0 Å². The quantitative estimate of drug-likeness (QED) is 0.596. The molecule has 0 bridgehead atoms. The second kappa shape index (κ2) is 9.75. The van der Waals surface area contributed by atoms with Gasteiger partial charge in [0, 0.05) is 17.7 Å². The number of nitrogens with two attached hydrogens (primary N) is 1. The number of carbonyl (C=O) groups is 1. The molecule has 0 aliphatic carbocycles. The van der Waals surface area contributed by atoms with Gasteiger partial charge in [0.1, 0.15) is 11.8 Å². The van der Waals surface area contributed by atoms with E-state index in [1.54, 1.807) is 25.1 Å². The van der Waals surface area contributed by atoms with Crippen molar-refractivity contribution in [3.8, 4) is 34.7 Å². The van der Waals surface area contributed by atoms with E-state index in [9.17, 15) is 10.1 Å². The predicted octanol–water partition coefficient (Wildman–Crippen LogP) is 3.38. The van der Waals surface area contributed by atoms with Crippen LogP contribution in [0.4, 0.5) is 0 Å². The molecule has 8 nitrogen and oxygen atoms in total. The summed E-state index contributed by atoms with van der Waals surface area (Å²) in [7, 11) is 1.97. The molecular weight excluding hydrogens is 430 g/mol. The van der Waals surface area contributed by atoms with E-state index in [0.29, 0.717) is 35.0 Å². The molecule has 2 heterocycles. The van der Waals surface area contributed by atoms with Crippen molar-refractivity contribution < 1.29 is 14.1 Å². The average Bonchev–Trinajstić information content (AvgIpc) is 3.24. The van der Waals surface area contributed by atoms with Gasteiger partial charge in [-0.15, -0.1) is 0 Å². The highest BCUT2D eigenvalue weighted by Crippen LogP contribution is 2.29. The Kier molecular flexibility index (Phi) is 6.77. The molecular formula is C26H29N5O3. The molecule has 1 aliphatic heterocycles. The Hall–Kier alpha value is -3.54. The van der Waals surface area contributed by atoms with E-state index < -0.39 is 6.04 Å². The van der Waals surface area contributed by atoms with Crippen LogP contribution in [0.1, 0.15) is 37.5 Å². The highest BCUT2D eigenvalue weighted by molar-refractivity contribution is 5.89. The minimum absolute atomic E-state index is 0.0342. The molecule has 0 amide bonds. The van der Waals surface area contributed by atoms with E-state index in [-0.39, 0.29) is 17.9 Å². The van der Waals surface area contributed by atoms with Gasteiger partial charge in [0.2, 0.25) is 5.82 Å². The highest BCUT2D eigenvalue weighted by Gasteiger charge is 2.29. The van der Waals surface area contributed by atoms with E-state index in [4.69, 9.17) is 15.0 Å². The third-order valence-corrected chi connectivity index (χ3v) is 6.06. The topological polar surface area (TPSA) is 118 Å². The largest absolute Gasteiger partial charge is 0.490 e. The molecule has 2 N–H and O–H groups in total. The van der Waals surface area contributed by atoms with Gasteiger partial charge in [-0.25, -0.2) is 0 Å². The SMILES string of the molecule is CC(C)Oc1ccc(-c2nc(-c3ccc4c(c3)CCN(C)C(C(=O)[C@H](C)N)C4)no2)cc1C#N. The van der Waals surface area contributed by atoms with Crippen LogP contribution in [-0.4, -0.2) is 52.6 Å². The molecule has 34 heavy (non-hydrogen) atoms. The van der Waals surface area contributed by atoms with Crippen molar-refractivity contribution in [2.24, 2.45) is 5.73 Å². The minimum Gasteiger partial charge on any atom is -0.490 e. The van der Waals surface area contributed by atoms with Gasteiger partial charge >= 0.3 is 0 Å². The van der Waals surface area contributed by atoms with Crippen molar-refractivity contribution in [1.29, 1.82) is 5.26 Å². The van der Waals surface area contributed by atoms with Crippen LogP contribution in [-0.2, 0) is 17.6 Å². The lowest BCUT2D eigenvalue weighted by molar-refractivity contribution is -0.124. The third-order valence-electron chi connectivity index (χ3n) is 6.06. The molecule has 1 aliphatic rings. The molecule has 0 saturated heterocycles. The normalized spacial score (nSPS) is 17.0. The first-order chi connectivity index (χ1) is 16.3. The van der Waals surface area contributed by atoms with E-state index in [0.717, 1.165) is 29.7 Å². The predicted molar refractivity (Wildman–Crippen MR) is 128 cm³/mol. The molecule has 3 aromatic rings. The van der Waals surface area contributed by atoms with Gasteiger partial charge in [-0.3, -0.25) is 9.69 Å². The second-order valence-electron chi connectivity index (χ2n) is 9.04. The summed E-state index contributed by atoms with van der Waals surface area (Å²) in [5, 5.41) is 13.7. The Morgan fingerprint density at radius 3 is 2.68 bits per heavy atom. The summed E-state index contributed by atoms with van der Waals surface area (Å²) < 4.78 is 11.2. The second-order valence-corrected chi connectivity index (χ2v) is 9.04.